The van der Waals surface area contributed by atoms with Gasteiger partial charge in [-0.25, -0.2) is 0 Å². The fourth-order valence-corrected chi connectivity index (χ4v) is 2.79. The first-order chi connectivity index (χ1) is 10.8. The molecule has 22 heavy (non-hydrogen) atoms. The highest BCUT2D eigenvalue weighted by molar-refractivity contribution is 6.28. The summed E-state index contributed by atoms with van der Waals surface area (Å²) in [6.07, 6.45) is 1.71. The van der Waals surface area contributed by atoms with Crippen LogP contribution in [0.4, 0.5) is 0 Å². The van der Waals surface area contributed by atoms with Crippen LogP contribution in [-0.2, 0) is 0 Å². The van der Waals surface area contributed by atoms with Crippen molar-refractivity contribution in [2.45, 2.75) is 0 Å². The van der Waals surface area contributed by atoms with Crippen molar-refractivity contribution in [3.8, 4) is 11.3 Å². The summed E-state index contributed by atoms with van der Waals surface area (Å²) in [6.45, 7) is 0. The molecule has 4 rings (SSSR count). The topological polar surface area (TPSA) is 47.0 Å². The van der Waals surface area contributed by atoms with Crippen molar-refractivity contribution in [3.05, 3.63) is 89.1 Å². The first kappa shape index (κ1) is 12.7. The van der Waals surface area contributed by atoms with Crippen LogP contribution in [0, 0.1) is 0 Å². The van der Waals surface area contributed by atoms with E-state index in [0.717, 1.165) is 11.3 Å². The lowest BCUT2D eigenvalue weighted by molar-refractivity contribution is 0.0979. The normalized spacial score (nSPS) is 12.7. The molecule has 0 spiro atoms. The molecule has 0 amide bonds. The number of rotatable bonds is 1. The second kappa shape index (κ2) is 4.74. The summed E-state index contributed by atoms with van der Waals surface area (Å²) in [7, 11) is 0. The van der Waals surface area contributed by atoms with E-state index in [2.05, 4.69) is 4.98 Å². The van der Waals surface area contributed by atoms with Crippen LogP contribution in [0.15, 0.2) is 66.9 Å². The molecule has 0 aliphatic heterocycles. The minimum atomic E-state index is -0.108. The molecule has 104 valence electrons. The van der Waals surface area contributed by atoms with Crippen LogP contribution in [0.25, 0.3) is 11.3 Å². The molecule has 0 saturated carbocycles. The Hall–Kier alpha value is -3.07. The van der Waals surface area contributed by atoms with Gasteiger partial charge in [-0.05, 0) is 24.3 Å². The van der Waals surface area contributed by atoms with E-state index in [4.69, 9.17) is 0 Å². The first-order valence-corrected chi connectivity index (χ1v) is 6.99. The number of hydrogen-bond donors (Lipinski definition) is 0. The molecule has 3 heteroatoms. The summed E-state index contributed by atoms with van der Waals surface area (Å²) in [5.41, 5.74) is 3.48. The predicted molar refractivity (Wildman–Crippen MR) is 83.0 cm³/mol. The molecule has 0 fully saturated rings. The Balaban J connectivity index is 1.91. The van der Waals surface area contributed by atoms with E-state index in [1.54, 1.807) is 42.6 Å². The van der Waals surface area contributed by atoms with Gasteiger partial charge in [0.15, 0.2) is 11.6 Å². The molecule has 0 unspecified atom stereocenters. The Morgan fingerprint density at radius 2 is 1.27 bits per heavy atom. The van der Waals surface area contributed by atoms with Crippen LogP contribution in [0.2, 0.25) is 0 Å². The van der Waals surface area contributed by atoms with Gasteiger partial charge in [0.1, 0.15) is 0 Å². The van der Waals surface area contributed by atoms with Crippen LogP contribution in [0.1, 0.15) is 31.8 Å². The summed E-state index contributed by atoms with van der Waals surface area (Å²) in [6, 6.07) is 17.9. The smallest absolute Gasteiger partial charge is 0.194 e. The Morgan fingerprint density at radius 1 is 0.636 bits per heavy atom. The largest absolute Gasteiger partial charge is 0.289 e. The molecule has 2 aromatic carbocycles. The minimum absolute atomic E-state index is 0.0993. The molecule has 0 atom stereocenters. The van der Waals surface area contributed by atoms with Crippen LogP contribution in [0.5, 0.6) is 0 Å². The van der Waals surface area contributed by atoms with E-state index in [9.17, 15) is 9.59 Å². The zero-order chi connectivity index (χ0) is 15.1. The van der Waals surface area contributed by atoms with Gasteiger partial charge in [0, 0.05) is 34.0 Å². The molecule has 1 aliphatic carbocycles. The number of fused-ring (bicyclic) bond motifs is 2. The standard InChI is InChI=1S/C19H11NO2/c21-18-13-5-1-2-6-14(13)19(22)16-11-12(8-9-15(16)18)17-7-3-4-10-20-17/h1-11H. The van der Waals surface area contributed by atoms with Gasteiger partial charge in [0.05, 0.1) is 5.69 Å². The zero-order valence-electron chi connectivity index (χ0n) is 11.6. The number of ketones is 2. The molecular formula is C19H11NO2. The molecule has 0 bridgehead atoms. The molecule has 0 radical (unpaired) electrons. The fraction of sp³-hybridized carbons (Fsp3) is 0. The number of aromatic nitrogens is 1. The van der Waals surface area contributed by atoms with Gasteiger partial charge in [0.25, 0.3) is 0 Å². The summed E-state index contributed by atoms with van der Waals surface area (Å²) in [4.78, 5) is 29.5. The third-order valence-corrected chi connectivity index (χ3v) is 3.89. The van der Waals surface area contributed by atoms with Crippen molar-refractivity contribution in [1.29, 1.82) is 0 Å². The lowest BCUT2D eigenvalue weighted by atomic mass is 9.83. The highest BCUT2D eigenvalue weighted by Crippen LogP contribution is 2.30. The first-order valence-electron chi connectivity index (χ1n) is 6.99. The summed E-state index contributed by atoms with van der Waals surface area (Å²) in [5.74, 6) is -0.208. The lowest BCUT2D eigenvalue weighted by Gasteiger charge is -2.17. The minimum Gasteiger partial charge on any atom is -0.289 e. The molecule has 3 aromatic rings. The maximum atomic E-state index is 12.7. The van der Waals surface area contributed by atoms with Crippen LogP contribution < -0.4 is 0 Å². The van der Waals surface area contributed by atoms with Crippen LogP contribution >= 0.6 is 0 Å². The maximum Gasteiger partial charge on any atom is 0.194 e. The number of nitrogens with zero attached hydrogens (tertiary/aromatic N) is 1. The van der Waals surface area contributed by atoms with Crippen LogP contribution in [-0.4, -0.2) is 16.6 Å². The van der Waals surface area contributed by atoms with Gasteiger partial charge in [0.2, 0.25) is 0 Å². The maximum absolute atomic E-state index is 12.7. The molecule has 0 saturated heterocycles. The Kier molecular flexibility index (Phi) is 2.73. The Morgan fingerprint density at radius 3 is 1.95 bits per heavy atom. The van der Waals surface area contributed by atoms with Crippen molar-refractivity contribution in [1.82, 2.24) is 4.98 Å². The van der Waals surface area contributed by atoms with E-state index in [0.29, 0.717) is 22.3 Å². The average molecular weight is 285 g/mol. The lowest BCUT2D eigenvalue weighted by Crippen LogP contribution is -2.20. The SMILES string of the molecule is O=C1c2ccccc2C(=O)c2cc(-c3ccccn3)ccc21. The monoisotopic (exact) mass is 285 g/mol. The third-order valence-electron chi connectivity index (χ3n) is 3.89. The molecule has 3 nitrogen and oxygen atoms in total. The second-order valence-corrected chi connectivity index (χ2v) is 5.18. The predicted octanol–water partition coefficient (Wildman–Crippen LogP) is 3.52. The number of pyridine rings is 1. The van der Waals surface area contributed by atoms with E-state index < -0.39 is 0 Å². The molecule has 1 aromatic heterocycles. The fourth-order valence-electron chi connectivity index (χ4n) is 2.79. The molecule has 0 N–H and O–H groups in total. The van der Waals surface area contributed by atoms with Crippen molar-refractivity contribution in [3.63, 3.8) is 0 Å². The summed E-state index contributed by atoms with van der Waals surface area (Å²) >= 11 is 0. The van der Waals surface area contributed by atoms with Gasteiger partial charge < -0.3 is 0 Å². The molecular weight excluding hydrogens is 274 g/mol. The van der Waals surface area contributed by atoms with Crippen molar-refractivity contribution >= 4 is 11.6 Å². The summed E-state index contributed by atoms with van der Waals surface area (Å²) < 4.78 is 0. The molecule has 1 aliphatic rings. The van der Waals surface area contributed by atoms with Gasteiger partial charge in [-0.1, -0.05) is 36.4 Å². The van der Waals surface area contributed by atoms with E-state index in [-0.39, 0.29) is 11.6 Å². The van der Waals surface area contributed by atoms with Gasteiger partial charge in [-0.3, -0.25) is 14.6 Å². The van der Waals surface area contributed by atoms with Crippen molar-refractivity contribution < 1.29 is 9.59 Å². The van der Waals surface area contributed by atoms with Gasteiger partial charge in [-0.15, -0.1) is 0 Å². The number of carbonyl (C=O) groups excluding carboxylic acids is 2. The van der Waals surface area contributed by atoms with Crippen LogP contribution in [0.3, 0.4) is 0 Å². The van der Waals surface area contributed by atoms with Crippen molar-refractivity contribution in [2.75, 3.05) is 0 Å². The molecule has 1 heterocycles. The Labute approximate surface area is 127 Å². The Bertz CT molecular complexity index is 914. The quantitative estimate of drug-likeness (QED) is 0.537. The average Bonchev–Trinajstić information content (AvgIpc) is 2.60. The highest BCUT2D eigenvalue weighted by atomic mass is 16.1. The van der Waals surface area contributed by atoms with Crippen molar-refractivity contribution in [2.24, 2.45) is 0 Å². The second-order valence-electron chi connectivity index (χ2n) is 5.18. The number of benzene rings is 2. The van der Waals surface area contributed by atoms with Gasteiger partial charge >= 0.3 is 0 Å². The number of hydrogen-bond acceptors (Lipinski definition) is 3. The van der Waals surface area contributed by atoms with E-state index in [1.807, 2.05) is 24.3 Å². The number of carbonyl (C=O) groups is 2. The zero-order valence-corrected chi connectivity index (χ0v) is 11.6. The van der Waals surface area contributed by atoms with E-state index in [1.165, 1.54) is 0 Å². The summed E-state index contributed by atoms with van der Waals surface area (Å²) in [5, 5.41) is 0. The van der Waals surface area contributed by atoms with E-state index >= 15 is 0 Å². The highest BCUT2D eigenvalue weighted by Gasteiger charge is 2.29. The van der Waals surface area contributed by atoms with Gasteiger partial charge in [-0.2, -0.15) is 0 Å². The third kappa shape index (κ3) is 1.79.